The number of nitrogens with zero attached hydrogens (tertiary/aromatic N) is 1. The van der Waals surface area contributed by atoms with E-state index >= 15 is 0 Å². The summed E-state index contributed by atoms with van der Waals surface area (Å²) in [6, 6.07) is 2.24. The molecule has 0 saturated heterocycles. The van der Waals surface area contributed by atoms with Crippen LogP contribution in [0.3, 0.4) is 0 Å². The van der Waals surface area contributed by atoms with E-state index in [1.165, 1.54) is 16.9 Å². The Morgan fingerprint density at radius 2 is 2.54 bits per heavy atom. The fraction of sp³-hybridized carbons (Fsp3) is 0.400. The Morgan fingerprint density at radius 3 is 3.38 bits per heavy atom. The molecule has 2 rings (SSSR count). The summed E-state index contributed by atoms with van der Waals surface area (Å²) in [6.07, 6.45) is 3.19. The van der Waals surface area contributed by atoms with Crippen molar-refractivity contribution < 1.29 is 0 Å². The van der Waals surface area contributed by atoms with E-state index in [2.05, 4.69) is 16.3 Å². The first-order chi connectivity index (χ1) is 6.40. The molecule has 0 radical (unpaired) electrons. The second-order valence-electron chi connectivity index (χ2n) is 3.22. The SMILES string of the molecule is Cl/C=C/CN1CCc2ccsc2C1. The molecule has 0 bridgehead atoms. The van der Waals surface area contributed by atoms with Gasteiger partial charge in [-0.1, -0.05) is 17.7 Å². The first kappa shape index (κ1) is 9.25. The lowest BCUT2D eigenvalue weighted by Gasteiger charge is -2.25. The van der Waals surface area contributed by atoms with Crippen molar-refractivity contribution in [3.05, 3.63) is 33.5 Å². The predicted molar refractivity (Wildman–Crippen MR) is 58.3 cm³/mol. The molecule has 0 fully saturated rings. The average molecular weight is 214 g/mol. The van der Waals surface area contributed by atoms with Crippen molar-refractivity contribution in [1.29, 1.82) is 0 Å². The summed E-state index contributed by atoms with van der Waals surface area (Å²) in [5.41, 5.74) is 3.14. The van der Waals surface area contributed by atoms with Crippen LogP contribution in [0.25, 0.3) is 0 Å². The minimum Gasteiger partial charge on any atom is -0.294 e. The van der Waals surface area contributed by atoms with Gasteiger partial charge in [0.2, 0.25) is 0 Å². The van der Waals surface area contributed by atoms with Crippen LogP contribution in [-0.2, 0) is 13.0 Å². The van der Waals surface area contributed by atoms with Gasteiger partial charge in [0.05, 0.1) is 0 Å². The third-order valence-electron chi connectivity index (χ3n) is 2.35. The van der Waals surface area contributed by atoms with Gasteiger partial charge in [0.25, 0.3) is 0 Å². The maximum absolute atomic E-state index is 5.50. The molecule has 0 saturated carbocycles. The van der Waals surface area contributed by atoms with Gasteiger partial charge in [0.1, 0.15) is 0 Å². The van der Waals surface area contributed by atoms with Crippen LogP contribution in [0.5, 0.6) is 0 Å². The van der Waals surface area contributed by atoms with E-state index in [0.29, 0.717) is 0 Å². The molecule has 1 aromatic rings. The van der Waals surface area contributed by atoms with Crippen LogP contribution >= 0.6 is 22.9 Å². The minimum absolute atomic E-state index is 0.973. The molecule has 13 heavy (non-hydrogen) atoms. The van der Waals surface area contributed by atoms with Crippen molar-refractivity contribution in [1.82, 2.24) is 4.90 Å². The summed E-state index contributed by atoms with van der Waals surface area (Å²) in [5, 5.41) is 2.19. The summed E-state index contributed by atoms with van der Waals surface area (Å²) < 4.78 is 0. The molecule has 1 aliphatic heterocycles. The van der Waals surface area contributed by atoms with Crippen LogP contribution < -0.4 is 0 Å². The third kappa shape index (κ3) is 2.13. The number of hydrogen-bond donors (Lipinski definition) is 0. The van der Waals surface area contributed by atoms with Crippen LogP contribution in [0.2, 0.25) is 0 Å². The van der Waals surface area contributed by atoms with E-state index in [4.69, 9.17) is 11.6 Å². The molecule has 0 atom stereocenters. The number of thiophene rings is 1. The van der Waals surface area contributed by atoms with Gasteiger partial charge in [-0.3, -0.25) is 4.90 Å². The molecule has 70 valence electrons. The predicted octanol–water partition coefficient (Wildman–Crippen LogP) is 2.86. The van der Waals surface area contributed by atoms with E-state index in [1.807, 2.05) is 17.4 Å². The molecule has 0 amide bonds. The van der Waals surface area contributed by atoms with Crippen molar-refractivity contribution in [3.63, 3.8) is 0 Å². The van der Waals surface area contributed by atoms with E-state index < -0.39 is 0 Å². The summed E-state index contributed by atoms with van der Waals surface area (Å²) in [4.78, 5) is 3.94. The Hall–Kier alpha value is -0.310. The highest BCUT2D eigenvalue weighted by Gasteiger charge is 2.15. The zero-order valence-corrected chi connectivity index (χ0v) is 8.94. The lowest BCUT2D eigenvalue weighted by molar-refractivity contribution is 0.285. The quantitative estimate of drug-likeness (QED) is 0.731. The van der Waals surface area contributed by atoms with Gasteiger partial charge in [-0.2, -0.15) is 0 Å². The number of fused-ring (bicyclic) bond motifs is 1. The van der Waals surface area contributed by atoms with Crippen molar-refractivity contribution in [2.24, 2.45) is 0 Å². The smallest absolute Gasteiger partial charge is 0.0334 e. The average Bonchev–Trinajstić information content (AvgIpc) is 2.61. The topological polar surface area (TPSA) is 3.24 Å². The molecule has 3 heteroatoms. The van der Waals surface area contributed by atoms with Crippen LogP contribution in [0, 0.1) is 0 Å². The number of hydrogen-bond acceptors (Lipinski definition) is 2. The van der Waals surface area contributed by atoms with Gasteiger partial charge in [0, 0.05) is 30.0 Å². The lowest BCUT2D eigenvalue weighted by Crippen LogP contribution is -2.29. The number of halogens is 1. The van der Waals surface area contributed by atoms with E-state index in [9.17, 15) is 0 Å². The molecule has 0 aliphatic carbocycles. The lowest BCUT2D eigenvalue weighted by atomic mass is 10.1. The van der Waals surface area contributed by atoms with Gasteiger partial charge in [-0.25, -0.2) is 0 Å². The van der Waals surface area contributed by atoms with Crippen LogP contribution in [0.4, 0.5) is 0 Å². The molecule has 1 aromatic heterocycles. The Labute approximate surface area is 87.6 Å². The Kier molecular flexibility index (Phi) is 3.04. The molecule has 0 unspecified atom stereocenters. The monoisotopic (exact) mass is 213 g/mol. The zero-order valence-electron chi connectivity index (χ0n) is 7.37. The molecule has 0 aromatic carbocycles. The summed E-state index contributed by atoms with van der Waals surface area (Å²) in [6.45, 7) is 3.22. The van der Waals surface area contributed by atoms with Gasteiger partial charge >= 0.3 is 0 Å². The highest BCUT2D eigenvalue weighted by Crippen LogP contribution is 2.23. The fourth-order valence-corrected chi connectivity index (χ4v) is 2.69. The van der Waals surface area contributed by atoms with Crippen molar-refractivity contribution >= 4 is 22.9 Å². The Bertz CT molecular complexity index is 306. The summed E-state index contributed by atoms with van der Waals surface area (Å²) >= 11 is 7.36. The molecule has 0 N–H and O–H groups in total. The van der Waals surface area contributed by atoms with E-state index in [1.54, 1.807) is 5.54 Å². The van der Waals surface area contributed by atoms with Gasteiger partial charge in [-0.05, 0) is 23.4 Å². The fourth-order valence-electron chi connectivity index (χ4n) is 1.63. The molecule has 0 spiro atoms. The van der Waals surface area contributed by atoms with Crippen molar-refractivity contribution in [3.8, 4) is 0 Å². The molecule has 1 nitrogen and oxygen atoms in total. The van der Waals surface area contributed by atoms with Gasteiger partial charge < -0.3 is 0 Å². The summed E-state index contributed by atoms with van der Waals surface area (Å²) in [5.74, 6) is 0. The standard InChI is InChI=1S/C10H12ClNS/c11-4-1-5-12-6-2-9-3-7-13-10(9)8-12/h1,3-4,7H,2,5-6,8H2/b4-1+. The van der Waals surface area contributed by atoms with E-state index in [0.717, 1.165) is 19.6 Å². The second kappa shape index (κ2) is 4.27. The first-order valence-electron chi connectivity index (χ1n) is 4.43. The highest BCUT2D eigenvalue weighted by molar-refractivity contribution is 7.10. The normalized spacial score (nSPS) is 17.9. The minimum atomic E-state index is 0.973. The van der Waals surface area contributed by atoms with Gasteiger partial charge in [0.15, 0.2) is 0 Å². The highest BCUT2D eigenvalue weighted by atomic mass is 35.5. The van der Waals surface area contributed by atoms with E-state index in [-0.39, 0.29) is 0 Å². The van der Waals surface area contributed by atoms with Crippen LogP contribution in [0.15, 0.2) is 23.1 Å². The number of rotatable bonds is 2. The first-order valence-corrected chi connectivity index (χ1v) is 5.74. The molecule has 2 heterocycles. The largest absolute Gasteiger partial charge is 0.294 e. The maximum Gasteiger partial charge on any atom is 0.0334 e. The molecular weight excluding hydrogens is 202 g/mol. The maximum atomic E-state index is 5.50. The Balaban J connectivity index is 2.00. The zero-order chi connectivity index (χ0) is 9.10. The summed E-state index contributed by atoms with van der Waals surface area (Å²) in [7, 11) is 0. The Morgan fingerprint density at radius 1 is 1.62 bits per heavy atom. The van der Waals surface area contributed by atoms with Crippen LogP contribution in [0.1, 0.15) is 10.4 Å². The van der Waals surface area contributed by atoms with Crippen LogP contribution in [-0.4, -0.2) is 18.0 Å². The van der Waals surface area contributed by atoms with Crippen molar-refractivity contribution in [2.45, 2.75) is 13.0 Å². The third-order valence-corrected chi connectivity index (χ3v) is 3.48. The second-order valence-corrected chi connectivity index (χ2v) is 4.47. The van der Waals surface area contributed by atoms with Gasteiger partial charge in [-0.15, -0.1) is 11.3 Å². The molecular formula is C10H12ClNS. The van der Waals surface area contributed by atoms with Crippen molar-refractivity contribution in [2.75, 3.05) is 13.1 Å². The molecule has 1 aliphatic rings.